The second-order valence-corrected chi connectivity index (χ2v) is 3.08. The minimum absolute atomic E-state index is 0.0401. The smallest absolute Gasteiger partial charge is 0.157 e. The van der Waals surface area contributed by atoms with E-state index in [4.69, 9.17) is 15.0 Å². The average Bonchev–Trinajstić information content (AvgIpc) is 2.10. The Bertz CT molecular complexity index is 204. The van der Waals surface area contributed by atoms with Gasteiger partial charge in [0.15, 0.2) is 6.29 Å². The Balaban J connectivity index is 2.41. The molecule has 1 aliphatic rings. The molecule has 1 fully saturated rings. The molecule has 0 spiro atoms. The van der Waals surface area contributed by atoms with Crippen LogP contribution >= 0.6 is 0 Å². The molecule has 0 aromatic rings. The molecule has 5 heteroatoms. The van der Waals surface area contributed by atoms with Crippen molar-refractivity contribution in [3.8, 4) is 0 Å². The molecule has 0 aliphatic carbocycles. The second kappa shape index (κ2) is 5.07. The van der Waals surface area contributed by atoms with E-state index < -0.39 is 0 Å². The van der Waals surface area contributed by atoms with Crippen molar-refractivity contribution in [3.05, 3.63) is 10.4 Å². The number of azide groups is 1. The van der Waals surface area contributed by atoms with Crippen LogP contribution in [-0.4, -0.2) is 25.0 Å². The van der Waals surface area contributed by atoms with Crippen LogP contribution in [0.4, 0.5) is 0 Å². The lowest BCUT2D eigenvalue weighted by Crippen LogP contribution is -2.36. The molecule has 0 saturated carbocycles. The highest BCUT2D eigenvalue weighted by Gasteiger charge is 2.27. The van der Waals surface area contributed by atoms with Crippen LogP contribution in [-0.2, 0) is 9.47 Å². The van der Waals surface area contributed by atoms with E-state index in [0.29, 0.717) is 6.61 Å². The third-order valence-corrected chi connectivity index (χ3v) is 2.16. The molecule has 1 heterocycles. The maximum atomic E-state index is 8.28. The number of rotatable bonds is 3. The maximum absolute atomic E-state index is 8.28. The SMILES string of the molecule is CCO[C@@H]1CC[C@@H](N=[N+]=[N-])[C@@H](C)O1. The molecule has 0 unspecified atom stereocenters. The van der Waals surface area contributed by atoms with E-state index in [9.17, 15) is 0 Å². The molecule has 0 bridgehead atoms. The Kier molecular flexibility index (Phi) is 4.02. The summed E-state index contributed by atoms with van der Waals surface area (Å²) in [4.78, 5) is 2.78. The van der Waals surface area contributed by atoms with Gasteiger partial charge in [0.05, 0.1) is 12.1 Å². The summed E-state index contributed by atoms with van der Waals surface area (Å²) in [6.45, 7) is 4.50. The first-order valence-corrected chi connectivity index (χ1v) is 4.59. The molecular formula is C8H15N3O2. The maximum Gasteiger partial charge on any atom is 0.157 e. The first-order valence-electron chi connectivity index (χ1n) is 4.59. The molecule has 0 amide bonds. The second-order valence-electron chi connectivity index (χ2n) is 3.08. The van der Waals surface area contributed by atoms with Gasteiger partial charge in [-0.15, -0.1) is 0 Å². The van der Waals surface area contributed by atoms with Crippen molar-refractivity contribution >= 4 is 0 Å². The van der Waals surface area contributed by atoms with Crippen molar-refractivity contribution in [3.63, 3.8) is 0 Å². The molecule has 74 valence electrons. The molecule has 0 N–H and O–H groups in total. The van der Waals surface area contributed by atoms with E-state index in [2.05, 4.69) is 10.0 Å². The highest BCUT2D eigenvalue weighted by Crippen LogP contribution is 2.22. The van der Waals surface area contributed by atoms with Gasteiger partial charge >= 0.3 is 0 Å². The predicted octanol–water partition coefficient (Wildman–Crippen LogP) is 2.23. The van der Waals surface area contributed by atoms with E-state index in [1.165, 1.54) is 0 Å². The van der Waals surface area contributed by atoms with Gasteiger partial charge in [0, 0.05) is 11.5 Å². The minimum Gasteiger partial charge on any atom is -0.353 e. The Hall–Kier alpha value is -0.770. The van der Waals surface area contributed by atoms with Gasteiger partial charge in [-0.1, -0.05) is 5.11 Å². The Morgan fingerprint density at radius 3 is 2.92 bits per heavy atom. The number of ether oxygens (including phenoxy) is 2. The quantitative estimate of drug-likeness (QED) is 0.384. The molecule has 0 aromatic heterocycles. The third-order valence-electron chi connectivity index (χ3n) is 2.16. The van der Waals surface area contributed by atoms with Gasteiger partial charge in [0.1, 0.15) is 0 Å². The van der Waals surface area contributed by atoms with Gasteiger partial charge in [0.25, 0.3) is 0 Å². The minimum atomic E-state index is -0.120. The average molecular weight is 185 g/mol. The number of hydrogen-bond acceptors (Lipinski definition) is 3. The molecule has 1 rings (SSSR count). The van der Waals surface area contributed by atoms with Crippen LogP contribution in [0, 0.1) is 0 Å². The fraction of sp³-hybridized carbons (Fsp3) is 1.00. The molecule has 13 heavy (non-hydrogen) atoms. The summed E-state index contributed by atoms with van der Waals surface area (Å²) in [7, 11) is 0. The van der Waals surface area contributed by atoms with Gasteiger partial charge in [-0.2, -0.15) is 0 Å². The summed E-state index contributed by atoms with van der Waals surface area (Å²) in [6, 6.07) is -0.0401. The largest absolute Gasteiger partial charge is 0.353 e. The van der Waals surface area contributed by atoms with Crippen LogP contribution in [0.15, 0.2) is 5.11 Å². The Labute approximate surface area is 77.6 Å². The first kappa shape index (κ1) is 10.3. The summed E-state index contributed by atoms with van der Waals surface area (Å²) >= 11 is 0. The van der Waals surface area contributed by atoms with Crippen molar-refractivity contribution in [2.75, 3.05) is 6.61 Å². The molecule has 0 aromatic carbocycles. The zero-order valence-electron chi connectivity index (χ0n) is 8.01. The van der Waals surface area contributed by atoms with E-state index in [1.54, 1.807) is 0 Å². The first-order chi connectivity index (χ1) is 6.27. The van der Waals surface area contributed by atoms with Crippen LogP contribution in [0.2, 0.25) is 0 Å². The van der Waals surface area contributed by atoms with Crippen LogP contribution in [0.25, 0.3) is 10.4 Å². The highest BCUT2D eigenvalue weighted by molar-refractivity contribution is 4.79. The van der Waals surface area contributed by atoms with Gasteiger partial charge < -0.3 is 9.47 Å². The van der Waals surface area contributed by atoms with Crippen LogP contribution < -0.4 is 0 Å². The molecular weight excluding hydrogens is 170 g/mol. The summed E-state index contributed by atoms with van der Waals surface area (Å²) < 4.78 is 10.8. The van der Waals surface area contributed by atoms with E-state index >= 15 is 0 Å². The fourth-order valence-electron chi connectivity index (χ4n) is 1.47. The third kappa shape index (κ3) is 2.88. The van der Waals surface area contributed by atoms with Crippen LogP contribution in [0.1, 0.15) is 26.7 Å². The number of nitrogens with zero attached hydrogens (tertiary/aromatic N) is 3. The van der Waals surface area contributed by atoms with Gasteiger partial charge in [-0.05, 0) is 32.2 Å². The van der Waals surface area contributed by atoms with Crippen molar-refractivity contribution in [1.82, 2.24) is 0 Å². The lowest BCUT2D eigenvalue weighted by molar-refractivity contribution is -0.191. The summed E-state index contributed by atoms with van der Waals surface area (Å²) in [5.41, 5.74) is 8.28. The van der Waals surface area contributed by atoms with E-state index in [1.807, 2.05) is 13.8 Å². The summed E-state index contributed by atoms with van der Waals surface area (Å²) in [6.07, 6.45) is 1.49. The van der Waals surface area contributed by atoms with Crippen molar-refractivity contribution < 1.29 is 9.47 Å². The zero-order valence-corrected chi connectivity index (χ0v) is 8.01. The topological polar surface area (TPSA) is 67.2 Å². The Morgan fingerprint density at radius 1 is 1.62 bits per heavy atom. The molecule has 0 radical (unpaired) electrons. The fourth-order valence-corrected chi connectivity index (χ4v) is 1.47. The summed E-state index contributed by atoms with van der Waals surface area (Å²) in [5, 5.41) is 3.66. The monoisotopic (exact) mass is 185 g/mol. The lowest BCUT2D eigenvalue weighted by atomic mass is 10.0. The van der Waals surface area contributed by atoms with E-state index in [-0.39, 0.29) is 18.4 Å². The van der Waals surface area contributed by atoms with Crippen LogP contribution in [0.3, 0.4) is 0 Å². The van der Waals surface area contributed by atoms with E-state index in [0.717, 1.165) is 12.8 Å². The molecule has 1 saturated heterocycles. The van der Waals surface area contributed by atoms with Gasteiger partial charge in [-0.3, -0.25) is 0 Å². The normalized spacial score (nSPS) is 33.8. The van der Waals surface area contributed by atoms with Gasteiger partial charge in [-0.25, -0.2) is 0 Å². The highest BCUT2D eigenvalue weighted by atomic mass is 16.7. The number of hydrogen-bond donors (Lipinski definition) is 0. The molecule has 3 atom stereocenters. The Morgan fingerprint density at radius 2 is 2.38 bits per heavy atom. The molecule has 1 aliphatic heterocycles. The standard InChI is InChI=1S/C8H15N3O2/c1-3-12-8-5-4-7(10-11-9)6(2)13-8/h6-8H,3-5H2,1-2H3/t6-,7-,8+/m1/s1. The summed E-state index contributed by atoms with van der Waals surface area (Å²) in [5.74, 6) is 0. The van der Waals surface area contributed by atoms with Crippen molar-refractivity contribution in [2.45, 2.75) is 45.1 Å². The molecule has 5 nitrogen and oxygen atoms in total. The lowest BCUT2D eigenvalue weighted by Gasteiger charge is -2.31. The predicted molar refractivity (Wildman–Crippen MR) is 48.1 cm³/mol. The van der Waals surface area contributed by atoms with Crippen LogP contribution in [0.5, 0.6) is 0 Å². The van der Waals surface area contributed by atoms with Crippen molar-refractivity contribution in [1.29, 1.82) is 0 Å². The zero-order chi connectivity index (χ0) is 9.68. The van der Waals surface area contributed by atoms with Gasteiger partial charge in [0.2, 0.25) is 0 Å². The van der Waals surface area contributed by atoms with Crippen molar-refractivity contribution in [2.24, 2.45) is 5.11 Å².